The number of ether oxygens (including phenoxy) is 2. The lowest BCUT2D eigenvalue weighted by atomic mass is 9.99. The van der Waals surface area contributed by atoms with Crippen molar-refractivity contribution in [3.63, 3.8) is 0 Å². The van der Waals surface area contributed by atoms with Crippen molar-refractivity contribution in [2.24, 2.45) is 11.8 Å². The van der Waals surface area contributed by atoms with Crippen LogP contribution in [0.15, 0.2) is 0 Å². The third kappa shape index (κ3) is 4.23. The molecular formula is C14H27NO2. The van der Waals surface area contributed by atoms with Crippen molar-refractivity contribution in [1.82, 2.24) is 5.32 Å². The van der Waals surface area contributed by atoms with Crippen molar-refractivity contribution < 1.29 is 9.47 Å². The minimum Gasteiger partial charge on any atom is -0.381 e. The Bertz CT molecular complexity index is 198. The lowest BCUT2D eigenvalue weighted by Crippen LogP contribution is -2.39. The second-order valence-corrected chi connectivity index (χ2v) is 5.48. The van der Waals surface area contributed by atoms with Crippen LogP contribution < -0.4 is 5.32 Å². The molecule has 3 heteroatoms. The number of nitrogens with one attached hydrogen (secondary N) is 1. The largest absolute Gasteiger partial charge is 0.381 e. The zero-order valence-corrected chi connectivity index (χ0v) is 11.1. The van der Waals surface area contributed by atoms with Crippen LogP contribution in [0.3, 0.4) is 0 Å². The van der Waals surface area contributed by atoms with Crippen molar-refractivity contribution in [1.29, 1.82) is 0 Å². The van der Waals surface area contributed by atoms with E-state index in [9.17, 15) is 0 Å². The Hall–Kier alpha value is -0.120. The second-order valence-electron chi connectivity index (χ2n) is 5.48. The van der Waals surface area contributed by atoms with Gasteiger partial charge in [-0.05, 0) is 31.7 Å². The van der Waals surface area contributed by atoms with Gasteiger partial charge in [0.1, 0.15) is 0 Å². The fourth-order valence-corrected chi connectivity index (χ4v) is 3.06. The summed E-state index contributed by atoms with van der Waals surface area (Å²) in [6, 6.07) is 0.574. The van der Waals surface area contributed by atoms with Crippen molar-refractivity contribution in [3.8, 4) is 0 Å². The molecule has 3 nitrogen and oxygen atoms in total. The summed E-state index contributed by atoms with van der Waals surface area (Å²) in [6.07, 6.45) is 6.75. The molecule has 1 aliphatic carbocycles. The van der Waals surface area contributed by atoms with Crippen LogP contribution in [0.2, 0.25) is 0 Å². The van der Waals surface area contributed by atoms with Gasteiger partial charge in [-0.3, -0.25) is 0 Å². The second kappa shape index (κ2) is 7.34. The predicted octanol–water partition coefficient (Wildman–Crippen LogP) is 2.21. The molecule has 1 heterocycles. The summed E-state index contributed by atoms with van der Waals surface area (Å²) in [5.74, 6) is 1.48. The normalized spacial score (nSPS) is 27.7. The van der Waals surface area contributed by atoms with Crippen LogP contribution >= 0.6 is 0 Å². The smallest absolute Gasteiger partial charge is 0.0622 e. The molecule has 0 bridgehead atoms. The van der Waals surface area contributed by atoms with Crippen molar-refractivity contribution in [2.45, 2.75) is 45.1 Å². The van der Waals surface area contributed by atoms with E-state index in [0.717, 1.165) is 38.9 Å². The zero-order valence-electron chi connectivity index (χ0n) is 11.1. The summed E-state index contributed by atoms with van der Waals surface area (Å²) in [5, 5.41) is 3.59. The van der Waals surface area contributed by atoms with E-state index in [0.29, 0.717) is 12.0 Å². The van der Waals surface area contributed by atoms with Gasteiger partial charge in [0.2, 0.25) is 0 Å². The molecule has 0 aromatic heterocycles. The van der Waals surface area contributed by atoms with Gasteiger partial charge in [0.05, 0.1) is 19.8 Å². The average Bonchev–Trinajstić information content (AvgIpc) is 3.01. The molecule has 17 heavy (non-hydrogen) atoms. The molecule has 1 aliphatic heterocycles. The number of hydrogen-bond donors (Lipinski definition) is 1. The standard InChI is InChI=1S/C14H27NO2/c1-2-15-14(13-5-3-4-6-13)11-17-10-12-7-8-16-9-12/h12-15H,2-11H2,1H3. The van der Waals surface area contributed by atoms with Crippen LogP contribution in [-0.4, -0.2) is 39.0 Å². The SMILES string of the molecule is CCNC(COCC1CCOC1)C1CCCC1. The fraction of sp³-hybridized carbons (Fsp3) is 1.00. The molecule has 0 aromatic carbocycles. The molecular weight excluding hydrogens is 214 g/mol. The van der Waals surface area contributed by atoms with E-state index < -0.39 is 0 Å². The monoisotopic (exact) mass is 241 g/mol. The Morgan fingerprint density at radius 2 is 2.12 bits per heavy atom. The summed E-state index contributed by atoms with van der Waals surface area (Å²) < 4.78 is 11.3. The first-order valence-corrected chi connectivity index (χ1v) is 7.29. The van der Waals surface area contributed by atoms with Gasteiger partial charge >= 0.3 is 0 Å². The lowest BCUT2D eigenvalue weighted by molar-refractivity contribution is 0.0630. The maximum Gasteiger partial charge on any atom is 0.0622 e. The third-order valence-electron chi connectivity index (χ3n) is 4.11. The van der Waals surface area contributed by atoms with E-state index in [2.05, 4.69) is 12.2 Å². The highest BCUT2D eigenvalue weighted by molar-refractivity contribution is 4.80. The van der Waals surface area contributed by atoms with Crippen LogP contribution in [-0.2, 0) is 9.47 Å². The van der Waals surface area contributed by atoms with Gasteiger partial charge in [0.15, 0.2) is 0 Å². The topological polar surface area (TPSA) is 30.5 Å². The van der Waals surface area contributed by atoms with Gasteiger partial charge in [-0.1, -0.05) is 19.8 Å². The van der Waals surface area contributed by atoms with Gasteiger partial charge in [0.25, 0.3) is 0 Å². The van der Waals surface area contributed by atoms with Gasteiger partial charge in [-0.2, -0.15) is 0 Å². The van der Waals surface area contributed by atoms with Crippen LogP contribution in [0, 0.1) is 11.8 Å². The maximum atomic E-state index is 5.90. The highest BCUT2D eigenvalue weighted by Gasteiger charge is 2.25. The summed E-state index contributed by atoms with van der Waals surface area (Å²) in [4.78, 5) is 0. The first-order chi connectivity index (χ1) is 8.40. The van der Waals surface area contributed by atoms with Gasteiger partial charge < -0.3 is 14.8 Å². The van der Waals surface area contributed by atoms with Crippen molar-refractivity contribution in [3.05, 3.63) is 0 Å². The molecule has 1 N–H and O–H groups in total. The highest BCUT2D eigenvalue weighted by atomic mass is 16.5. The highest BCUT2D eigenvalue weighted by Crippen LogP contribution is 2.28. The van der Waals surface area contributed by atoms with E-state index in [1.165, 1.54) is 32.1 Å². The lowest BCUT2D eigenvalue weighted by Gasteiger charge is -2.24. The van der Waals surface area contributed by atoms with Gasteiger partial charge in [-0.15, -0.1) is 0 Å². The molecule has 100 valence electrons. The molecule has 2 aliphatic rings. The Morgan fingerprint density at radius 3 is 2.76 bits per heavy atom. The molecule has 0 amide bonds. The molecule has 2 fully saturated rings. The maximum absolute atomic E-state index is 5.90. The van der Waals surface area contributed by atoms with Crippen LogP contribution in [0.5, 0.6) is 0 Å². The van der Waals surface area contributed by atoms with Gasteiger partial charge in [-0.25, -0.2) is 0 Å². The average molecular weight is 241 g/mol. The Labute approximate surface area is 105 Å². The van der Waals surface area contributed by atoms with E-state index in [-0.39, 0.29) is 0 Å². The number of rotatable bonds is 7. The summed E-state index contributed by atoms with van der Waals surface area (Å²) in [7, 11) is 0. The first-order valence-electron chi connectivity index (χ1n) is 7.29. The molecule has 0 radical (unpaired) electrons. The van der Waals surface area contributed by atoms with Crippen LogP contribution in [0.25, 0.3) is 0 Å². The molecule has 1 saturated carbocycles. The molecule has 2 atom stereocenters. The summed E-state index contributed by atoms with van der Waals surface area (Å²) >= 11 is 0. The van der Waals surface area contributed by atoms with E-state index >= 15 is 0 Å². The molecule has 2 unspecified atom stereocenters. The summed E-state index contributed by atoms with van der Waals surface area (Å²) in [5.41, 5.74) is 0. The van der Waals surface area contributed by atoms with E-state index in [4.69, 9.17) is 9.47 Å². The minimum absolute atomic E-state index is 0.574. The number of likely N-dealkylation sites (N-methyl/N-ethyl adjacent to an activating group) is 1. The Morgan fingerprint density at radius 1 is 1.29 bits per heavy atom. The van der Waals surface area contributed by atoms with E-state index in [1.54, 1.807) is 0 Å². The van der Waals surface area contributed by atoms with Crippen LogP contribution in [0.4, 0.5) is 0 Å². The van der Waals surface area contributed by atoms with Crippen molar-refractivity contribution in [2.75, 3.05) is 33.0 Å². The van der Waals surface area contributed by atoms with Gasteiger partial charge in [0, 0.05) is 18.6 Å². The molecule has 0 spiro atoms. The van der Waals surface area contributed by atoms with Crippen molar-refractivity contribution >= 4 is 0 Å². The van der Waals surface area contributed by atoms with E-state index in [1.807, 2.05) is 0 Å². The third-order valence-corrected chi connectivity index (χ3v) is 4.11. The fourth-order valence-electron chi connectivity index (χ4n) is 3.06. The minimum atomic E-state index is 0.574. The zero-order chi connectivity index (χ0) is 11.9. The molecule has 2 rings (SSSR count). The number of hydrogen-bond acceptors (Lipinski definition) is 3. The first kappa shape index (κ1) is 13.3. The quantitative estimate of drug-likeness (QED) is 0.741. The Kier molecular flexibility index (Phi) is 5.75. The Balaban J connectivity index is 1.65. The molecule has 1 saturated heterocycles. The summed E-state index contributed by atoms with van der Waals surface area (Å²) in [6.45, 7) is 6.83. The van der Waals surface area contributed by atoms with Crippen LogP contribution in [0.1, 0.15) is 39.0 Å². The predicted molar refractivity (Wildman–Crippen MR) is 69.2 cm³/mol. The molecule has 0 aromatic rings.